The largest absolute Gasteiger partial charge is 0.616 e. The van der Waals surface area contributed by atoms with E-state index in [1.54, 1.807) is 0 Å². The van der Waals surface area contributed by atoms with E-state index in [0.29, 0.717) is 5.56 Å². The van der Waals surface area contributed by atoms with Gasteiger partial charge in [0.2, 0.25) is 5.75 Å². The Kier molecular flexibility index (Phi) is 4.86. The summed E-state index contributed by atoms with van der Waals surface area (Å²) in [5.74, 6) is -1.96. The van der Waals surface area contributed by atoms with Crippen molar-refractivity contribution in [2.75, 3.05) is 12.9 Å². The van der Waals surface area contributed by atoms with Gasteiger partial charge in [0.25, 0.3) is 5.88 Å². The van der Waals surface area contributed by atoms with E-state index in [0.717, 1.165) is 0 Å². The third-order valence-electron chi connectivity index (χ3n) is 1.89. The summed E-state index contributed by atoms with van der Waals surface area (Å²) in [7, 11) is 1.25. The molecule has 0 aliphatic carbocycles. The first-order chi connectivity index (χ1) is 8.43. The lowest BCUT2D eigenvalue weighted by Crippen LogP contribution is -2.17. The summed E-state index contributed by atoms with van der Waals surface area (Å²) in [6.07, 6.45) is 1.27. The summed E-state index contributed by atoms with van der Waals surface area (Å²) in [5.41, 5.74) is -0.0237. The van der Waals surface area contributed by atoms with Gasteiger partial charge in [0, 0.05) is 17.8 Å². The molecule has 0 bridgehead atoms. The van der Waals surface area contributed by atoms with E-state index < -0.39 is 27.8 Å². The van der Waals surface area contributed by atoms with Crippen molar-refractivity contribution in [3.05, 3.63) is 27.9 Å². The van der Waals surface area contributed by atoms with Crippen LogP contribution in [-0.4, -0.2) is 38.4 Å². The topological polar surface area (TPSA) is 126 Å². The van der Waals surface area contributed by atoms with E-state index in [4.69, 9.17) is 9.84 Å². The van der Waals surface area contributed by atoms with Gasteiger partial charge in [-0.05, 0) is 11.2 Å². The van der Waals surface area contributed by atoms with Crippen LogP contribution < -0.4 is 4.74 Å². The maximum atomic E-state index is 11.4. The molecule has 1 unspecified atom stereocenters. The Bertz CT molecular complexity index is 466. The minimum atomic E-state index is -1.63. The highest BCUT2D eigenvalue weighted by atomic mass is 32.2. The van der Waals surface area contributed by atoms with E-state index >= 15 is 0 Å². The molecule has 1 atom stereocenters. The summed E-state index contributed by atoms with van der Waals surface area (Å²) in [4.78, 5) is 24.1. The maximum Gasteiger partial charge on any atom is 0.353 e. The number of rotatable bonds is 6. The lowest BCUT2D eigenvalue weighted by Gasteiger charge is -2.08. The van der Waals surface area contributed by atoms with Crippen molar-refractivity contribution in [2.45, 2.75) is 5.75 Å². The molecule has 0 aliphatic heterocycles. The highest BCUT2D eigenvalue weighted by Gasteiger charge is 2.20. The molecule has 1 aromatic rings. The number of methoxy groups -OCH3 is 1. The number of aliphatic carboxylic acids is 1. The predicted molar refractivity (Wildman–Crippen MR) is 61.8 cm³/mol. The van der Waals surface area contributed by atoms with Crippen LogP contribution in [0.2, 0.25) is 0 Å². The summed E-state index contributed by atoms with van der Waals surface area (Å²) in [6.45, 7) is 0. The molecule has 0 radical (unpaired) electrons. The number of hydrogen-bond donors (Lipinski definition) is 1. The standard InChI is InChI=1S/C9H10N2O6S/c1-17-9-7(11(14)15)2-6(3-10-9)4-18(16)5-8(12)13/h2-3H,4-5H2,1H3,(H,12,13). The van der Waals surface area contributed by atoms with Gasteiger partial charge in [0.05, 0.1) is 12.0 Å². The van der Waals surface area contributed by atoms with E-state index in [9.17, 15) is 19.5 Å². The second kappa shape index (κ2) is 6.17. The van der Waals surface area contributed by atoms with Crippen molar-refractivity contribution in [2.24, 2.45) is 0 Å². The fourth-order valence-corrected chi connectivity index (χ4v) is 2.13. The van der Waals surface area contributed by atoms with Crippen LogP contribution in [0.25, 0.3) is 0 Å². The molecule has 9 heteroatoms. The van der Waals surface area contributed by atoms with Crippen LogP contribution >= 0.6 is 0 Å². The Hall–Kier alpha value is -1.87. The number of carboxylic acid groups (broad SMARTS) is 1. The molecule has 0 fully saturated rings. The molecule has 1 aromatic heterocycles. The fraction of sp³-hybridized carbons (Fsp3) is 0.333. The molecule has 0 aliphatic rings. The van der Waals surface area contributed by atoms with Crippen molar-refractivity contribution in [1.82, 2.24) is 4.98 Å². The number of carboxylic acids is 1. The Labute approximate surface area is 105 Å². The van der Waals surface area contributed by atoms with Gasteiger partial charge in [-0.1, -0.05) is 0 Å². The van der Waals surface area contributed by atoms with Crippen molar-refractivity contribution in [3.63, 3.8) is 0 Å². The second-order valence-corrected chi connectivity index (χ2v) is 4.71. The molecule has 0 aromatic carbocycles. The average Bonchev–Trinajstić information content (AvgIpc) is 2.27. The molecule has 18 heavy (non-hydrogen) atoms. The zero-order valence-electron chi connectivity index (χ0n) is 9.36. The number of aromatic nitrogens is 1. The number of carbonyl (C=O) groups is 1. The van der Waals surface area contributed by atoms with Crippen molar-refractivity contribution in [1.29, 1.82) is 0 Å². The molecule has 1 N–H and O–H groups in total. The number of pyridine rings is 1. The van der Waals surface area contributed by atoms with E-state index in [1.807, 2.05) is 0 Å². The highest BCUT2D eigenvalue weighted by Crippen LogP contribution is 2.25. The van der Waals surface area contributed by atoms with Crippen LogP contribution in [0.4, 0.5) is 5.69 Å². The molecule has 0 amide bonds. The molecular formula is C9H10N2O6S. The van der Waals surface area contributed by atoms with Crippen molar-refractivity contribution in [3.8, 4) is 5.88 Å². The van der Waals surface area contributed by atoms with Gasteiger partial charge in [0.15, 0.2) is 0 Å². The Morgan fingerprint density at radius 3 is 2.83 bits per heavy atom. The summed E-state index contributed by atoms with van der Waals surface area (Å²) >= 11 is -1.63. The number of hydrogen-bond acceptors (Lipinski definition) is 6. The smallest absolute Gasteiger partial charge is 0.353 e. The number of nitrogens with zero attached hydrogens (tertiary/aromatic N) is 2. The van der Waals surface area contributed by atoms with Gasteiger partial charge in [-0.2, -0.15) is 0 Å². The number of nitro groups is 1. The monoisotopic (exact) mass is 274 g/mol. The average molecular weight is 274 g/mol. The molecule has 8 nitrogen and oxygen atoms in total. The van der Waals surface area contributed by atoms with Crippen LogP contribution in [0.5, 0.6) is 5.88 Å². The first kappa shape index (κ1) is 14.2. The molecule has 0 spiro atoms. The SMILES string of the molecule is COc1ncc(C[S+]([O-])CC(=O)O)cc1[N+](=O)[O-]. The van der Waals surface area contributed by atoms with Gasteiger partial charge >= 0.3 is 11.7 Å². The van der Waals surface area contributed by atoms with E-state index in [2.05, 4.69) is 4.98 Å². The lowest BCUT2D eigenvalue weighted by molar-refractivity contribution is -0.386. The van der Waals surface area contributed by atoms with Gasteiger partial charge < -0.3 is 14.4 Å². The summed E-state index contributed by atoms with van der Waals surface area (Å²) in [6, 6.07) is 1.17. The molecule has 1 heterocycles. The van der Waals surface area contributed by atoms with Gasteiger partial charge in [-0.15, -0.1) is 0 Å². The number of ether oxygens (including phenoxy) is 1. The fourth-order valence-electron chi connectivity index (χ4n) is 1.22. The maximum absolute atomic E-state index is 11.4. The molecule has 98 valence electrons. The van der Waals surface area contributed by atoms with Crippen LogP contribution in [0, 0.1) is 10.1 Å². The highest BCUT2D eigenvalue weighted by molar-refractivity contribution is 7.91. The lowest BCUT2D eigenvalue weighted by atomic mass is 10.3. The van der Waals surface area contributed by atoms with Crippen LogP contribution in [0.15, 0.2) is 12.3 Å². The minimum absolute atomic E-state index is 0.107. The Morgan fingerprint density at radius 2 is 2.33 bits per heavy atom. The normalized spacial score (nSPS) is 11.9. The molecule has 1 rings (SSSR count). The van der Waals surface area contributed by atoms with Gasteiger partial charge in [-0.3, -0.25) is 10.1 Å². The quantitative estimate of drug-likeness (QED) is 0.450. The molecule has 0 saturated heterocycles. The summed E-state index contributed by atoms with van der Waals surface area (Å²) in [5, 5.41) is 19.2. The third-order valence-corrected chi connectivity index (χ3v) is 3.12. The van der Waals surface area contributed by atoms with E-state index in [1.165, 1.54) is 19.4 Å². The zero-order chi connectivity index (χ0) is 13.7. The Balaban J connectivity index is 2.88. The minimum Gasteiger partial charge on any atom is -0.616 e. The third kappa shape index (κ3) is 3.86. The van der Waals surface area contributed by atoms with E-state index in [-0.39, 0.29) is 17.3 Å². The van der Waals surface area contributed by atoms with Gasteiger partial charge in [0.1, 0.15) is 5.75 Å². The Morgan fingerprint density at radius 1 is 1.67 bits per heavy atom. The first-order valence-electron chi connectivity index (χ1n) is 4.68. The van der Waals surface area contributed by atoms with Crippen LogP contribution in [0.3, 0.4) is 0 Å². The van der Waals surface area contributed by atoms with Crippen LogP contribution in [0.1, 0.15) is 5.56 Å². The van der Waals surface area contributed by atoms with Gasteiger partial charge in [-0.25, -0.2) is 9.78 Å². The second-order valence-electron chi connectivity index (χ2n) is 3.25. The summed E-state index contributed by atoms with van der Waals surface area (Å²) < 4.78 is 16.1. The molecule has 0 saturated carbocycles. The zero-order valence-corrected chi connectivity index (χ0v) is 10.2. The predicted octanol–water partition coefficient (Wildman–Crippen LogP) is 0.332. The van der Waals surface area contributed by atoms with Crippen LogP contribution in [-0.2, 0) is 21.7 Å². The van der Waals surface area contributed by atoms with Crippen molar-refractivity contribution < 1.29 is 24.1 Å². The molecular weight excluding hydrogens is 264 g/mol. The van der Waals surface area contributed by atoms with Crippen molar-refractivity contribution >= 4 is 22.8 Å². The first-order valence-corrected chi connectivity index (χ1v) is 6.17.